The van der Waals surface area contributed by atoms with E-state index < -0.39 is 11.8 Å². The first-order valence-electron chi connectivity index (χ1n) is 7.68. The number of hydrogen-bond acceptors (Lipinski definition) is 6. The Balaban J connectivity index is 2.02. The van der Waals surface area contributed by atoms with Crippen LogP contribution in [0.4, 0.5) is 5.69 Å². The number of hydrazone groups is 1. The van der Waals surface area contributed by atoms with Crippen molar-refractivity contribution in [3.63, 3.8) is 0 Å². The molecular weight excluding hydrogens is 418 g/mol. The van der Waals surface area contributed by atoms with Crippen LogP contribution in [0.25, 0.3) is 0 Å². The molecule has 8 nitrogen and oxygen atoms in total. The maximum absolute atomic E-state index is 11.9. The van der Waals surface area contributed by atoms with E-state index in [-0.39, 0.29) is 0 Å². The summed E-state index contributed by atoms with van der Waals surface area (Å²) in [5, 5.41) is 6.25. The third-order valence-corrected chi connectivity index (χ3v) is 3.90. The Labute approximate surface area is 164 Å². The Morgan fingerprint density at radius 3 is 2.07 bits per heavy atom. The Morgan fingerprint density at radius 2 is 1.56 bits per heavy atom. The molecule has 0 aliphatic carbocycles. The molecule has 0 aromatic heterocycles. The van der Waals surface area contributed by atoms with Crippen LogP contribution in [0.5, 0.6) is 17.2 Å². The first-order chi connectivity index (χ1) is 13.0. The SMILES string of the molecule is COc1cc(/C=N\NC(=O)C(=O)Nc2ccc(Br)cc2)cc(OC)c1OC. The quantitative estimate of drug-likeness (QED) is 0.412. The highest BCUT2D eigenvalue weighted by molar-refractivity contribution is 9.10. The highest BCUT2D eigenvalue weighted by Gasteiger charge is 2.14. The summed E-state index contributed by atoms with van der Waals surface area (Å²) < 4.78 is 16.6. The van der Waals surface area contributed by atoms with Gasteiger partial charge in [-0.15, -0.1) is 0 Å². The van der Waals surface area contributed by atoms with Crippen molar-refractivity contribution < 1.29 is 23.8 Å². The van der Waals surface area contributed by atoms with E-state index in [1.807, 2.05) is 0 Å². The number of carbonyl (C=O) groups is 2. The van der Waals surface area contributed by atoms with E-state index in [4.69, 9.17) is 14.2 Å². The van der Waals surface area contributed by atoms with E-state index in [2.05, 4.69) is 31.8 Å². The van der Waals surface area contributed by atoms with E-state index >= 15 is 0 Å². The zero-order valence-electron chi connectivity index (χ0n) is 14.9. The lowest BCUT2D eigenvalue weighted by Crippen LogP contribution is -2.32. The zero-order valence-corrected chi connectivity index (χ0v) is 16.5. The van der Waals surface area contributed by atoms with E-state index in [0.717, 1.165) is 4.47 Å². The highest BCUT2D eigenvalue weighted by Crippen LogP contribution is 2.37. The van der Waals surface area contributed by atoms with Gasteiger partial charge in [-0.3, -0.25) is 9.59 Å². The van der Waals surface area contributed by atoms with E-state index in [9.17, 15) is 9.59 Å². The number of nitrogens with one attached hydrogen (secondary N) is 2. The van der Waals surface area contributed by atoms with Crippen molar-refractivity contribution in [2.45, 2.75) is 0 Å². The van der Waals surface area contributed by atoms with Gasteiger partial charge in [-0.2, -0.15) is 5.10 Å². The molecular formula is C18H18BrN3O5. The lowest BCUT2D eigenvalue weighted by Gasteiger charge is -2.12. The van der Waals surface area contributed by atoms with Crippen LogP contribution in [0.15, 0.2) is 46.0 Å². The van der Waals surface area contributed by atoms with Gasteiger partial charge in [0.2, 0.25) is 5.75 Å². The molecule has 0 saturated carbocycles. The summed E-state index contributed by atoms with van der Waals surface area (Å²) in [6.07, 6.45) is 1.36. The molecule has 27 heavy (non-hydrogen) atoms. The minimum Gasteiger partial charge on any atom is -0.493 e. The number of carbonyl (C=O) groups excluding carboxylic acids is 2. The van der Waals surface area contributed by atoms with Crippen molar-refractivity contribution in [2.24, 2.45) is 5.10 Å². The number of halogens is 1. The van der Waals surface area contributed by atoms with Crippen LogP contribution in [0, 0.1) is 0 Å². The second kappa shape index (κ2) is 9.58. The number of hydrogen-bond donors (Lipinski definition) is 2. The van der Waals surface area contributed by atoms with Crippen molar-refractivity contribution in [3.05, 3.63) is 46.4 Å². The fourth-order valence-electron chi connectivity index (χ4n) is 2.11. The Kier molecular flexibility index (Phi) is 7.18. The van der Waals surface area contributed by atoms with Gasteiger partial charge in [0.05, 0.1) is 27.5 Å². The first-order valence-corrected chi connectivity index (χ1v) is 8.47. The van der Waals surface area contributed by atoms with Crippen molar-refractivity contribution in [3.8, 4) is 17.2 Å². The summed E-state index contributed by atoms with van der Waals surface area (Å²) in [5.74, 6) is -0.411. The number of anilines is 1. The van der Waals surface area contributed by atoms with Gasteiger partial charge >= 0.3 is 11.8 Å². The molecule has 0 fully saturated rings. The average Bonchev–Trinajstić information content (AvgIpc) is 2.68. The largest absolute Gasteiger partial charge is 0.493 e. The van der Waals surface area contributed by atoms with E-state index in [1.54, 1.807) is 36.4 Å². The van der Waals surface area contributed by atoms with Gasteiger partial charge in [-0.25, -0.2) is 5.43 Å². The summed E-state index contributed by atoms with van der Waals surface area (Å²) >= 11 is 3.29. The van der Waals surface area contributed by atoms with Crippen molar-refractivity contribution in [2.75, 3.05) is 26.6 Å². The summed E-state index contributed by atoms with van der Waals surface area (Å²) in [5.41, 5.74) is 3.24. The maximum atomic E-state index is 11.9. The minimum absolute atomic E-state index is 0.440. The third kappa shape index (κ3) is 5.45. The van der Waals surface area contributed by atoms with Crippen molar-refractivity contribution >= 4 is 39.6 Å². The zero-order chi connectivity index (χ0) is 19.8. The van der Waals surface area contributed by atoms with Crippen LogP contribution in [0.3, 0.4) is 0 Å². The summed E-state index contributed by atoms with van der Waals surface area (Å²) in [4.78, 5) is 23.7. The highest BCUT2D eigenvalue weighted by atomic mass is 79.9. The molecule has 0 atom stereocenters. The summed E-state index contributed by atoms with van der Waals surface area (Å²) in [6, 6.07) is 10.1. The second-order valence-electron chi connectivity index (χ2n) is 5.12. The molecule has 2 rings (SSSR count). The number of ether oxygens (including phenoxy) is 3. The molecule has 2 N–H and O–H groups in total. The molecule has 2 aromatic carbocycles. The predicted octanol–water partition coefficient (Wildman–Crippen LogP) is 2.56. The molecule has 2 amide bonds. The Bertz CT molecular complexity index is 828. The smallest absolute Gasteiger partial charge is 0.329 e. The second-order valence-corrected chi connectivity index (χ2v) is 6.03. The van der Waals surface area contributed by atoms with Gasteiger partial charge in [0, 0.05) is 15.7 Å². The van der Waals surface area contributed by atoms with Gasteiger partial charge in [-0.05, 0) is 36.4 Å². The van der Waals surface area contributed by atoms with Crippen LogP contribution >= 0.6 is 15.9 Å². The number of benzene rings is 2. The minimum atomic E-state index is -0.901. The number of nitrogens with zero attached hydrogens (tertiary/aromatic N) is 1. The van der Waals surface area contributed by atoms with Crippen LogP contribution in [0.1, 0.15) is 5.56 Å². The van der Waals surface area contributed by atoms with Gasteiger partial charge in [0.25, 0.3) is 0 Å². The van der Waals surface area contributed by atoms with Gasteiger partial charge in [0.1, 0.15) is 0 Å². The molecule has 0 unspecified atom stereocenters. The van der Waals surface area contributed by atoms with Crippen LogP contribution in [-0.2, 0) is 9.59 Å². The third-order valence-electron chi connectivity index (χ3n) is 3.38. The molecule has 0 aliphatic rings. The molecule has 0 radical (unpaired) electrons. The topological polar surface area (TPSA) is 98.2 Å². The van der Waals surface area contributed by atoms with E-state index in [0.29, 0.717) is 28.5 Å². The molecule has 0 heterocycles. The molecule has 0 bridgehead atoms. The van der Waals surface area contributed by atoms with Crippen LogP contribution in [0.2, 0.25) is 0 Å². The fourth-order valence-corrected chi connectivity index (χ4v) is 2.38. The average molecular weight is 436 g/mol. The summed E-state index contributed by atoms with van der Waals surface area (Å²) in [7, 11) is 4.48. The maximum Gasteiger partial charge on any atom is 0.329 e. The molecule has 142 valence electrons. The molecule has 0 saturated heterocycles. The molecule has 0 aliphatic heterocycles. The standard InChI is InChI=1S/C18H18BrN3O5/c1-25-14-8-11(9-15(26-2)16(14)27-3)10-20-22-18(24)17(23)21-13-6-4-12(19)5-7-13/h4-10H,1-3H3,(H,21,23)(H,22,24)/b20-10-. The monoisotopic (exact) mass is 435 g/mol. The molecule has 0 spiro atoms. The first kappa shape index (κ1) is 20.2. The predicted molar refractivity (Wildman–Crippen MR) is 105 cm³/mol. The fraction of sp³-hybridized carbons (Fsp3) is 0.167. The van der Waals surface area contributed by atoms with Crippen molar-refractivity contribution in [1.29, 1.82) is 0 Å². The van der Waals surface area contributed by atoms with Crippen LogP contribution in [-0.4, -0.2) is 39.4 Å². The number of amides is 2. The Morgan fingerprint density at radius 1 is 0.963 bits per heavy atom. The van der Waals surface area contributed by atoms with Gasteiger partial charge in [0.15, 0.2) is 11.5 Å². The number of methoxy groups -OCH3 is 3. The van der Waals surface area contributed by atoms with Gasteiger partial charge < -0.3 is 19.5 Å². The number of rotatable bonds is 6. The van der Waals surface area contributed by atoms with Crippen molar-refractivity contribution in [1.82, 2.24) is 5.43 Å². The Hall–Kier alpha value is -3.07. The summed E-state index contributed by atoms with van der Waals surface area (Å²) in [6.45, 7) is 0. The lowest BCUT2D eigenvalue weighted by molar-refractivity contribution is -0.136. The molecule has 2 aromatic rings. The normalized spacial score (nSPS) is 10.4. The van der Waals surface area contributed by atoms with Crippen LogP contribution < -0.4 is 25.0 Å². The lowest BCUT2D eigenvalue weighted by atomic mass is 10.2. The molecule has 9 heteroatoms. The van der Waals surface area contributed by atoms with Gasteiger partial charge in [-0.1, -0.05) is 15.9 Å². The van der Waals surface area contributed by atoms with E-state index in [1.165, 1.54) is 27.5 Å².